The molecule has 0 heterocycles. The second kappa shape index (κ2) is 4.41. The SMILES string of the molecule is CC[C@@H](N)c1ccc(C(F)(F)F)cc1Cl. The van der Waals surface area contributed by atoms with E-state index in [-0.39, 0.29) is 11.1 Å². The van der Waals surface area contributed by atoms with Crippen LogP contribution in [0.25, 0.3) is 0 Å². The maximum Gasteiger partial charge on any atom is 0.416 e. The number of alkyl halides is 3. The van der Waals surface area contributed by atoms with E-state index in [9.17, 15) is 13.2 Å². The molecule has 0 saturated heterocycles. The summed E-state index contributed by atoms with van der Waals surface area (Å²) in [5.74, 6) is 0. The summed E-state index contributed by atoms with van der Waals surface area (Å²) >= 11 is 5.73. The molecule has 1 nitrogen and oxygen atoms in total. The molecule has 0 amide bonds. The summed E-state index contributed by atoms with van der Waals surface area (Å²) in [6.45, 7) is 1.85. The van der Waals surface area contributed by atoms with Gasteiger partial charge in [-0.1, -0.05) is 24.6 Å². The zero-order valence-corrected chi connectivity index (χ0v) is 8.86. The van der Waals surface area contributed by atoms with Crippen LogP contribution in [0.1, 0.15) is 30.5 Å². The lowest BCUT2D eigenvalue weighted by Gasteiger charge is -2.13. The Kier molecular flexibility index (Phi) is 3.62. The van der Waals surface area contributed by atoms with Crippen LogP contribution in [0.15, 0.2) is 18.2 Å². The van der Waals surface area contributed by atoms with Gasteiger partial charge in [-0.15, -0.1) is 0 Å². The van der Waals surface area contributed by atoms with E-state index in [1.165, 1.54) is 6.07 Å². The highest BCUT2D eigenvalue weighted by molar-refractivity contribution is 6.31. The lowest BCUT2D eigenvalue weighted by atomic mass is 10.0. The molecule has 15 heavy (non-hydrogen) atoms. The van der Waals surface area contributed by atoms with E-state index in [1.54, 1.807) is 0 Å². The Morgan fingerprint density at radius 3 is 2.40 bits per heavy atom. The molecule has 0 unspecified atom stereocenters. The van der Waals surface area contributed by atoms with Gasteiger partial charge in [-0.25, -0.2) is 0 Å². The van der Waals surface area contributed by atoms with Crippen molar-refractivity contribution in [1.82, 2.24) is 0 Å². The monoisotopic (exact) mass is 237 g/mol. The molecular formula is C10H11ClF3N. The van der Waals surface area contributed by atoms with Crippen molar-refractivity contribution >= 4 is 11.6 Å². The van der Waals surface area contributed by atoms with Crippen molar-refractivity contribution in [2.24, 2.45) is 5.73 Å². The quantitative estimate of drug-likeness (QED) is 0.833. The molecular weight excluding hydrogens is 227 g/mol. The third-order valence-electron chi connectivity index (χ3n) is 2.17. The minimum Gasteiger partial charge on any atom is -0.324 e. The second-order valence-electron chi connectivity index (χ2n) is 3.25. The lowest BCUT2D eigenvalue weighted by molar-refractivity contribution is -0.137. The minimum atomic E-state index is -4.36. The van der Waals surface area contributed by atoms with Gasteiger partial charge in [0.1, 0.15) is 0 Å². The van der Waals surface area contributed by atoms with Crippen molar-refractivity contribution in [3.8, 4) is 0 Å². The smallest absolute Gasteiger partial charge is 0.324 e. The van der Waals surface area contributed by atoms with Gasteiger partial charge in [0, 0.05) is 11.1 Å². The molecule has 0 aliphatic rings. The van der Waals surface area contributed by atoms with Crippen LogP contribution in [0, 0.1) is 0 Å². The normalized spacial score (nSPS) is 14.0. The summed E-state index contributed by atoms with van der Waals surface area (Å²) in [5.41, 5.74) is 5.49. The van der Waals surface area contributed by atoms with Crippen LogP contribution in [-0.2, 0) is 6.18 Å². The molecule has 1 rings (SSSR count). The van der Waals surface area contributed by atoms with Gasteiger partial charge in [-0.3, -0.25) is 0 Å². The van der Waals surface area contributed by atoms with Crippen LogP contribution < -0.4 is 5.73 Å². The maximum absolute atomic E-state index is 12.3. The van der Waals surface area contributed by atoms with Gasteiger partial charge in [0.2, 0.25) is 0 Å². The lowest BCUT2D eigenvalue weighted by Crippen LogP contribution is -2.11. The fraction of sp³-hybridized carbons (Fsp3) is 0.400. The molecule has 0 fully saturated rings. The number of hydrogen-bond acceptors (Lipinski definition) is 1. The molecule has 0 saturated carbocycles. The molecule has 0 spiro atoms. The van der Waals surface area contributed by atoms with Gasteiger partial charge >= 0.3 is 6.18 Å². The molecule has 0 radical (unpaired) electrons. The Labute approximate surface area is 91.0 Å². The van der Waals surface area contributed by atoms with Crippen molar-refractivity contribution in [1.29, 1.82) is 0 Å². The summed E-state index contributed by atoms with van der Waals surface area (Å²) in [5, 5.41) is 0.0687. The molecule has 0 aliphatic heterocycles. The number of halogens is 4. The van der Waals surface area contributed by atoms with Gasteiger partial charge in [-0.05, 0) is 24.1 Å². The van der Waals surface area contributed by atoms with E-state index < -0.39 is 11.7 Å². The van der Waals surface area contributed by atoms with Gasteiger partial charge in [0.05, 0.1) is 5.56 Å². The highest BCUT2D eigenvalue weighted by Crippen LogP contribution is 2.33. The van der Waals surface area contributed by atoms with E-state index in [0.717, 1.165) is 12.1 Å². The molecule has 1 aromatic carbocycles. The summed E-state index contributed by atoms with van der Waals surface area (Å²) < 4.78 is 36.9. The predicted molar refractivity (Wildman–Crippen MR) is 53.7 cm³/mol. The molecule has 0 aliphatic carbocycles. The standard InChI is InChI=1S/C10H11ClF3N/c1-2-9(15)7-4-3-6(5-8(7)11)10(12,13)14/h3-5,9H,2,15H2,1H3/t9-/m1/s1. The van der Waals surface area contributed by atoms with Crippen molar-refractivity contribution in [3.63, 3.8) is 0 Å². The van der Waals surface area contributed by atoms with E-state index in [0.29, 0.717) is 12.0 Å². The van der Waals surface area contributed by atoms with E-state index >= 15 is 0 Å². The largest absolute Gasteiger partial charge is 0.416 e. The third kappa shape index (κ3) is 2.86. The Hall–Kier alpha value is -0.740. The molecule has 5 heteroatoms. The van der Waals surface area contributed by atoms with Crippen LogP contribution >= 0.6 is 11.6 Å². The van der Waals surface area contributed by atoms with Crippen LogP contribution in [0.2, 0.25) is 5.02 Å². The van der Waals surface area contributed by atoms with Crippen molar-refractivity contribution in [3.05, 3.63) is 34.3 Å². The summed E-state index contributed by atoms with van der Waals surface area (Å²) in [7, 11) is 0. The molecule has 1 atom stereocenters. The second-order valence-corrected chi connectivity index (χ2v) is 3.66. The number of rotatable bonds is 2. The van der Waals surface area contributed by atoms with Gasteiger partial charge < -0.3 is 5.73 Å². The third-order valence-corrected chi connectivity index (χ3v) is 2.49. The summed E-state index contributed by atoms with van der Waals surface area (Å²) in [6.07, 6.45) is -3.73. The molecule has 84 valence electrons. The molecule has 2 N–H and O–H groups in total. The number of hydrogen-bond donors (Lipinski definition) is 1. The minimum absolute atomic E-state index is 0.0687. The zero-order chi connectivity index (χ0) is 11.6. The first kappa shape index (κ1) is 12.3. The van der Waals surface area contributed by atoms with Gasteiger partial charge in [-0.2, -0.15) is 13.2 Å². The average molecular weight is 238 g/mol. The number of benzene rings is 1. The van der Waals surface area contributed by atoms with Crippen LogP contribution in [0.4, 0.5) is 13.2 Å². The Balaban J connectivity index is 3.09. The first-order chi connectivity index (χ1) is 6.86. The maximum atomic E-state index is 12.3. The number of nitrogens with two attached hydrogens (primary N) is 1. The van der Waals surface area contributed by atoms with Gasteiger partial charge in [0.15, 0.2) is 0 Å². The highest BCUT2D eigenvalue weighted by atomic mass is 35.5. The zero-order valence-electron chi connectivity index (χ0n) is 8.11. The molecule has 0 bridgehead atoms. The van der Waals surface area contributed by atoms with Crippen LogP contribution in [-0.4, -0.2) is 0 Å². The first-order valence-corrected chi connectivity index (χ1v) is 4.86. The van der Waals surface area contributed by atoms with E-state index in [4.69, 9.17) is 17.3 Å². The summed E-state index contributed by atoms with van der Waals surface area (Å²) in [4.78, 5) is 0. The predicted octanol–water partition coefficient (Wildman–Crippen LogP) is 3.77. The van der Waals surface area contributed by atoms with Gasteiger partial charge in [0.25, 0.3) is 0 Å². The first-order valence-electron chi connectivity index (χ1n) is 4.48. The van der Waals surface area contributed by atoms with Crippen LogP contribution in [0.3, 0.4) is 0 Å². The van der Waals surface area contributed by atoms with E-state index in [1.807, 2.05) is 6.92 Å². The van der Waals surface area contributed by atoms with Crippen molar-refractivity contribution in [2.75, 3.05) is 0 Å². The fourth-order valence-corrected chi connectivity index (χ4v) is 1.54. The molecule has 0 aromatic heterocycles. The average Bonchev–Trinajstić information content (AvgIpc) is 2.15. The molecule has 1 aromatic rings. The van der Waals surface area contributed by atoms with Crippen molar-refractivity contribution in [2.45, 2.75) is 25.6 Å². The fourth-order valence-electron chi connectivity index (χ4n) is 1.22. The topological polar surface area (TPSA) is 26.0 Å². The Morgan fingerprint density at radius 1 is 1.40 bits per heavy atom. The van der Waals surface area contributed by atoms with Crippen LogP contribution in [0.5, 0.6) is 0 Å². The highest BCUT2D eigenvalue weighted by Gasteiger charge is 2.31. The summed E-state index contributed by atoms with van der Waals surface area (Å²) in [6, 6.07) is 2.92. The van der Waals surface area contributed by atoms with E-state index in [2.05, 4.69) is 0 Å². The Bertz CT molecular complexity index is 349. The Morgan fingerprint density at radius 2 is 2.00 bits per heavy atom. The van der Waals surface area contributed by atoms with Crippen molar-refractivity contribution < 1.29 is 13.2 Å².